The molecule has 1 aromatic heterocycles. The van der Waals surface area contributed by atoms with Crippen LogP contribution in [0.25, 0.3) is 11.1 Å². The van der Waals surface area contributed by atoms with Crippen LogP contribution in [0, 0.1) is 11.8 Å². The number of anilines is 2. The molecule has 0 saturated heterocycles. The Bertz CT molecular complexity index is 673. The molecule has 0 amide bonds. The van der Waals surface area contributed by atoms with Crippen molar-refractivity contribution in [3.63, 3.8) is 0 Å². The molecule has 0 radical (unpaired) electrons. The minimum Gasteiger partial charge on any atom is -0.408 e. The van der Waals surface area contributed by atoms with Gasteiger partial charge >= 0.3 is 5.76 Å². The molecular formula is C15H21N3O2. The van der Waals surface area contributed by atoms with Gasteiger partial charge in [0.1, 0.15) is 0 Å². The molecule has 2 aromatic rings. The van der Waals surface area contributed by atoms with Crippen molar-refractivity contribution in [3.8, 4) is 0 Å². The van der Waals surface area contributed by atoms with Gasteiger partial charge in [0.2, 0.25) is 0 Å². The predicted octanol–water partition coefficient (Wildman–Crippen LogP) is 2.94. The lowest BCUT2D eigenvalue weighted by Crippen LogP contribution is -2.25. The van der Waals surface area contributed by atoms with Crippen molar-refractivity contribution < 1.29 is 4.42 Å². The lowest BCUT2D eigenvalue weighted by molar-refractivity contribution is 0.392. The topological polar surface area (TPSA) is 84.0 Å². The zero-order valence-electron chi connectivity index (χ0n) is 11.9. The van der Waals surface area contributed by atoms with E-state index in [9.17, 15) is 4.79 Å². The largest absolute Gasteiger partial charge is 0.417 e. The summed E-state index contributed by atoms with van der Waals surface area (Å²) in [6.45, 7) is 4.55. The number of aromatic amines is 1. The third-order valence-corrected chi connectivity index (χ3v) is 4.68. The fourth-order valence-corrected chi connectivity index (χ4v) is 3.37. The Morgan fingerprint density at radius 2 is 2.25 bits per heavy atom. The first kappa shape index (κ1) is 13.1. The molecule has 1 saturated carbocycles. The van der Waals surface area contributed by atoms with Gasteiger partial charge in [0.25, 0.3) is 0 Å². The second kappa shape index (κ2) is 4.89. The number of oxazole rings is 1. The van der Waals surface area contributed by atoms with Gasteiger partial charge in [0.15, 0.2) is 5.58 Å². The maximum absolute atomic E-state index is 11.2. The Labute approximate surface area is 117 Å². The molecule has 108 valence electrons. The molecule has 5 heteroatoms. The van der Waals surface area contributed by atoms with Crippen molar-refractivity contribution in [1.82, 2.24) is 4.98 Å². The average Bonchev–Trinajstić information content (AvgIpc) is 2.93. The van der Waals surface area contributed by atoms with Gasteiger partial charge in [-0.2, -0.15) is 0 Å². The minimum atomic E-state index is -0.447. The van der Waals surface area contributed by atoms with Gasteiger partial charge in [-0.05, 0) is 30.7 Å². The van der Waals surface area contributed by atoms with Crippen LogP contribution in [0.3, 0.4) is 0 Å². The predicted molar refractivity (Wildman–Crippen MR) is 80.8 cm³/mol. The smallest absolute Gasteiger partial charge is 0.408 e. The molecule has 1 aliphatic rings. The van der Waals surface area contributed by atoms with Crippen molar-refractivity contribution in [2.24, 2.45) is 11.8 Å². The number of benzene rings is 1. The molecule has 3 rings (SSSR count). The first-order valence-electron chi connectivity index (χ1n) is 7.27. The fraction of sp³-hybridized carbons (Fsp3) is 0.533. The van der Waals surface area contributed by atoms with Crippen molar-refractivity contribution >= 4 is 22.5 Å². The van der Waals surface area contributed by atoms with Gasteiger partial charge < -0.3 is 15.5 Å². The van der Waals surface area contributed by atoms with Crippen LogP contribution >= 0.6 is 0 Å². The van der Waals surface area contributed by atoms with Gasteiger partial charge in [0.05, 0.1) is 16.9 Å². The standard InChI is InChI=1S/C15H21N3O2/c1-3-9-4-5-11(8(9)2)17-12-7-13-14(6-10(12)16)20-15(19)18-13/h6-9,11,17H,3-5,16H2,1-2H3,(H,18,19). The number of nitrogens with two attached hydrogens (primary N) is 1. The molecule has 3 unspecified atom stereocenters. The molecule has 1 aromatic carbocycles. The molecule has 5 nitrogen and oxygen atoms in total. The Hall–Kier alpha value is -1.91. The van der Waals surface area contributed by atoms with Crippen molar-refractivity contribution in [1.29, 1.82) is 0 Å². The summed E-state index contributed by atoms with van der Waals surface area (Å²) in [4.78, 5) is 13.9. The monoisotopic (exact) mass is 275 g/mol. The van der Waals surface area contributed by atoms with E-state index in [1.54, 1.807) is 6.07 Å². The van der Waals surface area contributed by atoms with Crippen molar-refractivity contribution in [3.05, 3.63) is 22.7 Å². The fourth-order valence-electron chi connectivity index (χ4n) is 3.37. The summed E-state index contributed by atoms with van der Waals surface area (Å²) in [5.74, 6) is 0.974. The number of rotatable bonds is 3. The van der Waals surface area contributed by atoms with Crippen molar-refractivity contribution in [2.45, 2.75) is 39.2 Å². The van der Waals surface area contributed by atoms with Crippen LogP contribution in [0.15, 0.2) is 21.3 Å². The maximum atomic E-state index is 11.2. The number of nitrogen functional groups attached to an aromatic ring is 1. The summed E-state index contributed by atoms with van der Waals surface area (Å²) in [7, 11) is 0. The summed E-state index contributed by atoms with van der Waals surface area (Å²) in [6.07, 6.45) is 3.65. The van der Waals surface area contributed by atoms with E-state index in [-0.39, 0.29) is 0 Å². The van der Waals surface area contributed by atoms with Crippen LogP contribution in [0.5, 0.6) is 0 Å². The van der Waals surface area contributed by atoms with Crippen LogP contribution in [-0.4, -0.2) is 11.0 Å². The number of hydrogen-bond acceptors (Lipinski definition) is 4. The van der Waals surface area contributed by atoms with Gasteiger partial charge in [-0.1, -0.05) is 20.3 Å². The zero-order chi connectivity index (χ0) is 14.3. The number of fused-ring (bicyclic) bond motifs is 1. The summed E-state index contributed by atoms with van der Waals surface area (Å²) in [5.41, 5.74) is 8.73. The first-order valence-corrected chi connectivity index (χ1v) is 7.27. The quantitative estimate of drug-likeness (QED) is 0.752. The summed E-state index contributed by atoms with van der Waals surface area (Å²) in [5, 5.41) is 3.54. The Balaban J connectivity index is 1.87. The number of H-pyrrole nitrogens is 1. The molecule has 0 aliphatic heterocycles. The molecule has 3 atom stereocenters. The third-order valence-electron chi connectivity index (χ3n) is 4.68. The molecule has 4 N–H and O–H groups in total. The highest BCUT2D eigenvalue weighted by Gasteiger charge is 2.31. The van der Waals surface area contributed by atoms with Gasteiger partial charge in [-0.25, -0.2) is 4.79 Å². The molecule has 1 fully saturated rings. The van der Waals surface area contributed by atoms with Gasteiger partial charge in [0, 0.05) is 12.1 Å². The van der Waals surface area contributed by atoms with E-state index in [4.69, 9.17) is 10.2 Å². The highest BCUT2D eigenvalue weighted by atomic mass is 16.4. The van der Waals surface area contributed by atoms with E-state index >= 15 is 0 Å². The van der Waals surface area contributed by atoms with Gasteiger partial charge in [-0.15, -0.1) is 0 Å². The molecule has 1 aliphatic carbocycles. The van der Waals surface area contributed by atoms with Crippen LogP contribution in [0.4, 0.5) is 11.4 Å². The molecule has 20 heavy (non-hydrogen) atoms. The second-order valence-corrected chi connectivity index (χ2v) is 5.81. The molecular weight excluding hydrogens is 254 g/mol. The number of nitrogens with one attached hydrogen (secondary N) is 2. The Morgan fingerprint density at radius 3 is 2.95 bits per heavy atom. The first-order chi connectivity index (χ1) is 9.58. The molecule has 0 spiro atoms. The number of aromatic nitrogens is 1. The van der Waals surface area contributed by atoms with E-state index in [0.717, 1.165) is 11.6 Å². The summed E-state index contributed by atoms with van der Waals surface area (Å²) < 4.78 is 5.01. The van der Waals surface area contributed by atoms with Crippen molar-refractivity contribution in [2.75, 3.05) is 11.1 Å². The van der Waals surface area contributed by atoms with Crippen LogP contribution in [-0.2, 0) is 0 Å². The van der Waals surface area contributed by atoms with E-state index in [0.29, 0.717) is 28.7 Å². The second-order valence-electron chi connectivity index (χ2n) is 5.81. The normalized spacial score (nSPS) is 26.2. The summed E-state index contributed by atoms with van der Waals surface area (Å²) in [6, 6.07) is 4.01. The zero-order valence-corrected chi connectivity index (χ0v) is 11.9. The Kier molecular flexibility index (Phi) is 3.20. The van der Waals surface area contributed by atoms with Crippen LogP contribution < -0.4 is 16.8 Å². The molecule has 1 heterocycles. The lowest BCUT2D eigenvalue weighted by Gasteiger charge is -2.22. The highest BCUT2D eigenvalue weighted by Crippen LogP contribution is 2.37. The van der Waals surface area contributed by atoms with E-state index < -0.39 is 5.76 Å². The lowest BCUT2D eigenvalue weighted by atomic mass is 9.93. The highest BCUT2D eigenvalue weighted by molar-refractivity contribution is 5.85. The maximum Gasteiger partial charge on any atom is 0.417 e. The van der Waals surface area contributed by atoms with E-state index in [2.05, 4.69) is 24.1 Å². The van der Waals surface area contributed by atoms with Crippen LogP contribution in [0.2, 0.25) is 0 Å². The Morgan fingerprint density at radius 1 is 1.45 bits per heavy atom. The van der Waals surface area contributed by atoms with E-state index in [1.165, 1.54) is 19.3 Å². The summed E-state index contributed by atoms with van der Waals surface area (Å²) >= 11 is 0. The van der Waals surface area contributed by atoms with E-state index in [1.807, 2.05) is 6.07 Å². The average molecular weight is 275 g/mol. The number of hydrogen-bond donors (Lipinski definition) is 3. The molecule has 0 bridgehead atoms. The third kappa shape index (κ3) is 2.17. The van der Waals surface area contributed by atoms with Crippen LogP contribution in [0.1, 0.15) is 33.1 Å². The van der Waals surface area contributed by atoms with Gasteiger partial charge in [-0.3, -0.25) is 4.98 Å². The SMILES string of the molecule is CCC1CCC(Nc2cc3[nH]c(=O)oc3cc2N)C1C. The minimum absolute atomic E-state index is 0.443.